The van der Waals surface area contributed by atoms with E-state index in [0.717, 1.165) is 0 Å². The lowest BCUT2D eigenvalue weighted by atomic mass is 10.1. The second-order valence-electron chi connectivity index (χ2n) is 2.26. The zero-order chi connectivity index (χ0) is 10.0. The van der Waals surface area contributed by atoms with Crippen LogP contribution in [0, 0.1) is 20.7 Å². The van der Waals surface area contributed by atoms with E-state index >= 15 is 0 Å². The largest absolute Gasteiger partial charge is 0.366 e. The molecule has 5 heteroatoms. The Morgan fingerprint density at radius 3 is 2.69 bits per heavy atom. The molecule has 0 aliphatic rings. The summed E-state index contributed by atoms with van der Waals surface area (Å²) in [6.07, 6.45) is 0. The van der Waals surface area contributed by atoms with Gasteiger partial charge in [-0.15, -0.1) is 0 Å². The van der Waals surface area contributed by atoms with Crippen molar-refractivity contribution < 1.29 is 9.18 Å². The van der Waals surface area contributed by atoms with Crippen molar-refractivity contribution in [2.24, 2.45) is 5.73 Å². The molecule has 0 heterocycles. The summed E-state index contributed by atoms with van der Waals surface area (Å²) in [4.78, 5) is 10.7. The van der Waals surface area contributed by atoms with Crippen LogP contribution in [-0.2, 0) is 0 Å². The predicted molar refractivity (Wildman–Crippen MR) is 52.3 cm³/mol. The summed E-state index contributed by atoms with van der Waals surface area (Å²) in [6.45, 7) is 0. The van der Waals surface area contributed by atoms with Crippen LogP contribution in [0.4, 0.5) is 4.39 Å². The molecule has 0 unspecified atom stereocenters. The van der Waals surface area contributed by atoms with Gasteiger partial charge < -0.3 is 5.73 Å². The van der Waals surface area contributed by atoms with Crippen LogP contribution in [0.25, 0.3) is 0 Å². The molecule has 13 heavy (non-hydrogen) atoms. The minimum absolute atomic E-state index is 0.142. The van der Waals surface area contributed by atoms with Crippen molar-refractivity contribution in [1.82, 2.24) is 0 Å². The number of hydrogen-bond donors (Lipinski definition) is 1. The van der Waals surface area contributed by atoms with E-state index in [1.54, 1.807) is 6.07 Å². The summed E-state index contributed by atoms with van der Waals surface area (Å²) in [5.41, 5.74) is 4.50. The Kier molecular flexibility index (Phi) is 2.83. The first-order valence-corrected chi connectivity index (χ1v) is 4.33. The van der Waals surface area contributed by atoms with Gasteiger partial charge in [-0.25, -0.2) is 4.39 Å². The molecule has 0 fully saturated rings. The summed E-state index contributed by atoms with van der Waals surface area (Å²) in [5, 5.41) is 8.56. The van der Waals surface area contributed by atoms with Crippen molar-refractivity contribution in [2.75, 3.05) is 0 Å². The molecular formula is C8H4FIN2O. The third-order valence-electron chi connectivity index (χ3n) is 1.47. The Morgan fingerprint density at radius 1 is 1.62 bits per heavy atom. The summed E-state index contributed by atoms with van der Waals surface area (Å²) in [5.74, 6) is -1.72. The number of rotatable bonds is 1. The number of benzene rings is 1. The topological polar surface area (TPSA) is 66.9 Å². The highest BCUT2D eigenvalue weighted by molar-refractivity contribution is 14.1. The predicted octanol–water partition coefficient (Wildman–Crippen LogP) is 1.40. The lowest BCUT2D eigenvalue weighted by molar-refractivity contribution is 0.0996. The Bertz CT molecular complexity index is 411. The molecule has 1 aromatic rings. The maximum absolute atomic E-state index is 13.3. The highest BCUT2D eigenvalue weighted by Crippen LogP contribution is 2.18. The zero-order valence-corrected chi connectivity index (χ0v) is 8.50. The van der Waals surface area contributed by atoms with Gasteiger partial charge in [0.05, 0.1) is 5.56 Å². The molecule has 3 nitrogen and oxygen atoms in total. The fraction of sp³-hybridized carbons (Fsp3) is 0. The molecule has 0 bridgehead atoms. The molecule has 66 valence electrons. The van der Waals surface area contributed by atoms with Crippen molar-refractivity contribution in [1.29, 1.82) is 5.26 Å². The standard InChI is InChI=1S/C8H4FIN2O/c9-7-4(8(12)13)1-2-6(10)5(7)3-11/h1-2H,(H2,12,13). The molecule has 0 saturated heterocycles. The number of halogens is 2. The number of hydrogen-bond acceptors (Lipinski definition) is 2. The van der Waals surface area contributed by atoms with Crippen LogP contribution in [-0.4, -0.2) is 5.91 Å². The van der Waals surface area contributed by atoms with Gasteiger partial charge in [-0.3, -0.25) is 4.79 Å². The van der Waals surface area contributed by atoms with Crippen molar-refractivity contribution in [3.63, 3.8) is 0 Å². The first-order chi connectivity index (χ1) is 6.07. The molecule has 0 saturated carbocycles. The SMILES string of the molecule is N#Cc1c(I)ccc(C(N)=O)c1F. The fourth-order valence-electron chi connectivity index (χ4n) is 0.845. The van der Waals surface area contributed by atoms with Crippen molar-refractivity contribution in [2.45, 2.75) is 0 Å². The Balaban J connectivity index is 3.47. The van der Waals surface area contributed by atoms with Gasteiger partial charge in [-0.2, -0.15) is 5.26 Å². The quantitative estimate of drug-likeness (QED) is 0.794. The molecule has 0 aliphatic heterocycles. The third-order valence-corrected chi connectivity index (χ3v) is 2.37. The van der Waals surface area contributed by atoms with Gasteiger partial charge in [0.1, 0.15) is 11.6 Å². The average molecular weight is 290 g/mol. The lowest BCUT2D eigenvalue weighted by Gasteiger charge is -2.01. The van der Waals surface area contributed by atoms with Crippen molar-refractivity contribution >= 4 is 28.5 Å². The molecule has 1 amide bonds. The fourth-order valence-corrected chi connectivity index (χ4v) is 1.38. The summed E-state index contributed by atoms with van der Waals surface area (Å²) >= 11 is 1.81. The van der Waals surface area contributed by atoms with E-state index in [4.69, 9.17) is 11.0 Å². The van der Waals surface area contributed by atoms with E-state index in [1.807, 2.05) is 22.6 Å². The second kappa shape index (κ2) is 3.70. The van der Waals surface area contributed by atoms with Crippen LogP contribution in [0.1, 0.15) is 15.9 Å². The first kappa shape index (κ1) is 9.92. The maximum Gasteiger partial charge on any atom is 0.251 e. The van der Waals surface area contributed by atoms with E-state index in [1.165, 1.54) is 12.1 Å². The van der Waals surface area contributed by atoms with Crippen LogP contribution in [0.3, 0.4) is 0 Å². The molecule has 0 aliphatic carbocycles. The number of amides is 1. The van der Waals surface area contributed by atoms with E-state index in [2.05, 4.69) is 0 Å². The normalized spacial score (nSPS) is 9.31. The lowest BCUT2D eigenvalue weighted by Crippen LogP contribution is -2.14. The number of primary amides is 1. The summed E-state index contributed by atoms with van der Waals surface area (Å²) < 4.78 is 13.7. The molecule has 0 radical (unpaired) electrons. The highest BCUT2D eigenvalue weighted by Gasteiger charge is 2.14. The van der Waals surface area contributed by atoms with E-state index < -0.39 is 11.7 Å². The van der Waals surface area contributed by atoms with E-state index in [0.29, 0.717) is 3.57 Å². The highest BCUT2D eigenvalue weighted by atomic mass is 127. The van der Waals surface area contributed by atoms with E-state index in [-0.39, 0.29) is 11.1 Å². The minimum atomic E-state index is -0.870. The number of nitrogens with zero attached hydrogens (tertiary/aromatic N) is 1. The monoisotopic (exact) mass is 290 g/mol. The van der Waals surface area contributed by atoms with Crippen LogP contribution >= 0.6 is 22.6 Å². The van der Waals surface area contributed by atoms with E-state index in [9.17, 15) is 9.18 Å². The van der Waals surface area contributed by atoms with Gasteiger partial charge in [0.2, 0.25) is 0 Å². The van der Waals surface area contributed by atoms with Crippen LogP contribution in [0.15, 0.2) is 12.1 Å². The molecule has 0 aromatic heterocycles. The van der Waals surface area contributed by atoms with Gasteiger partial charge in [0.15, 0.2) is 5.82 Å². The first-order valence-electron chi connectivity index (χ1n) is 3.26. The molecule has 1 aromatic carbocycles. The minimum Gasteiger partial charge on any atom is -0.366 e. The number of nitrogens with two attached hydrogens (primary N) is 1. The number of nitriles is 1. The zero-order valence-electron chi connectivity index (χ0n) is 6.34. The Morgan fingerprint density at radius 2 is 2.23 bits per heavy atom. The second-order valence-corrected chi connectivity index (χ2v) is 3.42. The molecular weight excluding hydrogens is 286 g/mol. The number of carbonyl (C=O) groups excluding carboxylic acids is 1. The smallest absolute Gasteiger partial charge is 0.251 e. The van der Waals surface area contributed by atoms with Crippen molar-refractivity contribution in [3.05, 3.63) is 32.6 Å². The van der Waals surface area contributed by atoms with Gasteiger partial charge >= 0.3 is 0 Å². The van der Waals surface area contributed by atoms with Crippen molar-refractivity contribution in [3.8, 4) is 6.07 Å². The van der Waals surface area contributed by atoms with Gasteiger partial charge in [-0.05, 0) is 34.7 Å². The van der Waals surface area contributed by atoms with Gasteiger partial charge in [0, 0.05) is 3.57 Å². The molecule has 0 atom stereocenters. The average Bonchev–Trinajstić information content (AvgIpc) is 2.04. The molecule has 2 N–H and O–H groups in total. The van der Waals surface area contributed by atoms with Gasteiger partial charge in [0.25, 0.3) is 5.91 Å². The molecule has 1 rings (SSSR count). The summed E-state index contributed by atoms with van der Waals surface area (Å²) in [6, 6.07) is 4.41. The Hall–Kier alpha value is -1.16. The number of carbonyl (C=O) groups is 1. The third kappa shape index (κ3) is 1.78. The van der Waals surface area contributed by atoms with Crippen LogP contribution in [0.2, 0.25) is 0 Å². The van der Waals surface area contributed by atoms with Crippen LogP contribution in [0.5, 0.6) is 0 Å². The van der Waals surface area contributed by atoms with Gasteiger partial charge in [-0.1, -0.05) is 0 Å². The van der Waals surface area contributed by atoms with Crippen LogP contribution < -0.4 is 5.73 Å². The maximum atomic E-state index is 13.3. The molecule has 0 spiro atoms. The Labute approximate surface area is 87.5 Å². The summed E-state index contributed by atoms with van der Waals surface area (Å²) in [7, 11) is 0.